The summed E-state index contributed by atoms with van der Waals surface area (Å²) < 4.78 is 26.2. The highest BCUT2D eigenvalue weighted by Crippen LogP contribution is 2.23. The number of rotatable bonds is 4. The summed E-state index contributed by atoms with van der Waals surface area (Å²) >= 11 is 0. The Bertz CT molecular complexity index is 365. The molecule has 0 spiro atoms. The van der Waals surface area contributed by atoms with Crippen LogP contribution < -0.4 is 5.32 Å². The molecule has 2 rings (SSSR count). The first-order chi connectivity index (χ1) is 8.04. The van der Waals surface area contributed by atoms with Crippen LogP contribution in [0.15, 0.2) is 24.3 Å². The predicted molar refractivity (Wildman–Crippen MR) is 65.5 cm³/mol. The molecule has 17 heavy (non-hydrogen) atoms. The van der Waals surface area contributed by atoms with Crippen LogP contribution >= 0.6 is 0 Å². The Balaban J connectivity index is 2.09. The van der Waals surface area contributed by atoms with Gasteiger partial charge >= 0.3 is 0 Å². The van der Waals surface area contributed by atoms with Crippen molar-refractivity contribution in [3.05, 3.63) is 35.4 Å². The first-order valence-corrected chi connectivity index (χ1v) is 6.22. The van der Waals surface area contributed by atoms with Gasteiger partial charge in [0.25, 0.3) is 0 Å². The van der Waals surface area contributed by atoms with Gasteiger partial charge in [0.05, 0.1) is 0 Å². The van der Waals surface area contributed by atoms with E-state index in [0.29, 0.717) is 6.04 Å². The second kappa shape index (κ2) is 5.13. The fraction of sp³-hybridized carbons (Fsp3) is 0.571. The monoisotopic (exact) mass is 239 g/mol. The summed E-state index contributed by atoms with van der Waals surface area (Å²) in [6.45, 7) is 2.04. The fourth-order valence-corrected chi connectivity index (χ4v) is 2.46. The molecule has 0 amide bonds. The molecule has 0 aromatic heterocycles. The first kappa shape index (κ1) is 12.5. The summed E-state index contributed by atoms with van der Waals surface area (Å²) in [6, 6.07) is 8.03. The third kappa shape index (κ3) is 3.77. The molecule has 1 aliphatic rings. The van der Waals surface area contributed by atoms with Crippen molar-refractivity contribution in [1.29, 1.82) is 0 Å². The molecular formula is C14H19F2N. The molecule has 1 aromatic rings. The van der Waals surface area contributed by atoms with Crippen LogP contribution in [0.4, 0.5) is 8.78 Å². The van der Waals surface area contributed by atoms with Crippen LogP contribution in [-0.4, -0.2) is 18.5 Å². The van der Waals surface area contributed by atoms with Crippen LogP contribution in [-0.2, 0) is 12.8 Å². The van der Waals surface area contributed by atoms with E-state index >= 15 is 0 Å². The van der Waals surface area contributed by atoms with Crippen molar-refractivity contribution in [1.82, 2.24) is 5.32 Å². The van der Waals surface area contributed by atoms with Gasteiger partial charge in [-0.25, -0.2) is 8.78 Å². The van der Waals surface area contributed by atoms with Crippen molar-refractivity contribution < 1.29 is 8.78 Å². The lowest BCUT2D eigenvalue weighted by Gasteiger charge is -2.16. The summed E-state index contributed by atoms with van der Waals surface area (Å²) in [5.41, 5.74) is 1.85. The molecule has 1 fully saturated rings. The number of hydrogen-bond acceptors (Lipinski definition) is 1. The van der Waals surface area contributed by atoms with E-state index in [1.165, 1.54) is 6.42 Å². The first-order valence-electron chi connectivity index (χ1n) is 6.22. The molecule has 1 N–H and O–H groups in total. The van der Waals surface area contributed by atoms with Gasteiger partial charge in [0.2, 0.25) is 5.92 Å². The lowest BCUT2D eigenvalue weighted by Crippen LogP contribution is -2.25. The van der Waals surface area contributed by atoms with E-state index in [4.69, 9.17) is 0 Å². The standard InChI is InChI=1S/C14H19F2N/c1-14(15,16)10-12-6-3-2-5-11(12)9-13-7-4-8-17-13/h2-3,5-6,13,17H,4,7-10H2,1H3. The summed E-state index contributed by atoms with van der Waals surface area (Å²) in [6.07, 6.45) is 3.05. The van der Waals surface area contributed by atoms with Crippen LogP contribution in [0.2, 0.25) is 0 Å². The van der Waals surface area contributed by atoms with Crippen LogP contribution in [0.25, 0.3) is 0 Å². The third-order valence-corrected chi connectivity index (χ3v) is 3.25. The van der Waals surface area contributed by atoms with Gasteiger partial charge in [-0.1, -0.05) is 24.3 Å². The van der Waals surface area contributed by atoms with Gasteiger partial charge in [0.15, 0.2) is 0 Å². The normalized spacial score (nSPS) is 20.8. The smallest absolute Gasteiger partial charge is 0.249 e. The molecule has 0 saturated carbocycles. The van der Waals surface area contributed by atoms with Gasteiger partial charge in [-0.05, 0) is 43.9 Å². The van der Waals surface area contributed by atoms with Crippen LogP contribution in [0.3, 0.4) is 0 Å². The molecule has 1 heterocycles. The molecule has 1 nitrogen and oxygen atoms in total. The predicted octanol–water partition coefficient (Wildman–Crippen LogP) is 3.18. The Kier molecular flexibility index (Phi) is 3.77. The summed E-state index contributed by atoms with van der Waals surface area (Å²) in [4.78, 5) is 0. The quantitative estimate of drug-likeness (QED) is 0.851. The van der Waals surface area contributed by atoms with Crippen LogP contribution in [0.5, 0.6) is 0 Å². The van der Waals surface area contributed by atoms with Gasteiger partial charge < -0.3 is 5.32 Å². The third-order valence-electron chi connectivity index (χ3n) is 3.25. The average Bonchev–Trinajstić information content (AvgIpc) is 2.71. The number of alkyl halides is 2. The molecule has 0 bridgehead atoms. The van der Waals surface area contributed by atoms with Crippen LogP contribution in [0.1, 0.15) is 30.9 Å². The maximum atomic E-state index is 13.1. The molecule has 0 aliphatic carbocycles. The molecule has 1 saturated heterocycles. The summed E-state index contributed by atoms with van der Waals surface area (Å²) in [5, 5.41) is 3.41. The zero-order chi connectivity index (χ0) is 12.3. The van der Waals surface area contributed by atoms with E-state index in [1.807, 2.05) is 24.3 Å². The Labute approximate surface area is 101 Å². The van der Waals surface area contributed by atoms with E-state index in [1.54, 1.807) is 0 Å². The molecule has 1 aromatic carbocycles. The molecule has 1 atom stereocenters. The molecule has 94 valence electrons. The molecule has 1 unspecified atom stereocenters. The van der Waals surface area contributed by atoms with Gasteiger partial charge in [0, 0.05) is 12.5 Å². The van der Waals surface area contributed by atoms with Gasteiger partial charge in [0.1, 0.15) is 0 Å². The fourth-order valence-electron chi connectivity index (χ4n) is 2.46. The molecular weight excluding hydrogens is 220 g/mol. The van der Waals surface area contributed by atoms with Crippen molar-refractivity contribution in [2.45, 2.75) is 44.6 Å². The summed E-state index contributed by atoms with van der Waals surface area (Å²) in [5.74, 6) is -2.63. The van der Waals surface area contributed by atoms with Crippen LogP contribution in [0, 0.1) is 0 Å². The molecule has 0 radical (unpaired) electrons. The highest BCUT2D eigenvalue weighted by Gasteiger charge is 2.24. The van der Waals surface area contributed by atoms with E-state index in [-0.39, 0.29) is 6.42 Å². The maximum absolute atomic E-state index is 13.1. The van der Waals surface area contributed by atoms with E-state index < -0.39 is 5.92 Å². The minimum absolute atomic E-state index is 0.157. The van der Waals surface area contributed by atoms with Crippen molar-refractivity contribution in [3.63, 3.8) is 0 Å². The van der Waals surface area contributed by atoms with Gasteiger partial charge in [-0.2, -0.15) is 0 Å². The van der Waals surface area contributed by atoms with Gasteiger partial charge in [-0.3, -0.25) is 0 Å². The number of benzene rings is 1. The molecule has 1 aliphatic heterocycles. The van der Waals surface area contributed by atoms with E-state index in [2.05, 4.69) is 5.32 Å². The van der Waals surface area contributed by atoms with Crippen molar-refractivity contribution in [2.75, 3.05) is 6.54 Å². The lowest BCUT2D eigenvalue weighted by molar-refractivity contribution is 0.0224. The SMILES string of the molecule is CC(F)(F)Cc1ccccc1CC1CCCN1. The van der Waals surface area contributed by atoms with Crippen molar-refractivity contribution in [2.24, 2.45) is 0 Å². The van der Waals surface area contributed by atoms with Gasteiger partial charge in [-0.15, -0.1) is 0 Å². The second-order valence-electron chi connectivity index (χ2n) is 5.01. The zero-order valence-corrected chi connectivity index (χ0v) is 10.2. The second-order valence-corrected chi connectivity index (χ2v) is 5.01. The topological polar surface area (TPSA) is 12.0 Å². The highest BCUT2D eigenvalue weighted by atomic mass is 19.3. The summed E-state index contributed by atoms with van der Waals surface area (Å²) in [7, 11) is 0. The number of halogens is 2. The maximum Gasteiger partial charge on any atom is 0.249 e. The van der Waals surface area contributed by atoms with E-state index in [0.717, 1.165) is 37.4 Å². The van der Waals surface area contributed by atoms with Crippen molar-refractivity contribution in [3.8, 4) is 0 Å². The largest absolute Gasteiger partial charge is 0.314 e. The minimum atomic E-state index is -2.63. The Morgan fingerprint density at radius 2 is 2.00 bits per heavy atom. The average molecular weight is 239 g/mol. The lowest BCUT2D eigenvalue weighted by atomic mass is 9.96. The Morgan fingerprint density at radius 3 is 2.59 bits per heavy atom. The van der Waals surface area contributed by atoms with E-state index in [9.17, 15) is 8.78 Å². The molecule has 3 heteroatoms. The Morgan fingerprint density at radius 1 is 1.29 bits per heavy atom. The van der Waals surface area contributed by atoms with Crippen molar-refractivity contribution >= 4 is 0 Å². The minimum Gasteiger partial charge on any atom is -0.314 e. The Hall–Kier alpha value is -0.960. The highest BCUT2D eigenvalue weighted by molar-refractivity contribution is 5.29. The number of nitrogens with one attached hydrogen (secondary N) is 1. The zero-order valence-electron chi connectivity index (χ0n) is 10.2. The number of hydrogen-bond donors (Lipinski definition) is 1.